The number of ether oxygens (including phenoxy) is 1. The van der Waals surface area contributed by atoms with Crippen molar-refractivity contribution in [1.29, 1.82) is 0 Å². The van der Waals surface area contributed by atoms with Gasteiger partial charge in [0.1, 0.15) is 5.75 Å². The molecule has 168 valence electrons. The van der Waals surface area contributed by atoms with Crippen LogP contribution in [0.1, 0.15) is 11.4 Å². The Morgan fingerprint density at radius 1 is 1.09 bits per heavy atom. The molecule has 0 aliphatic heterocycles. The first-order valence-electron chi connectivity index (χ1n) is 9.51. The SMILES string of the molecule is COc1ccc(CC(=O)NCc2nnc(SCC(=O)Nc3ccc(Cl)cc3Cl)n2C)cc1. The van der Waals surface area contributed by atoms with Crippen LogP contribution in [0.25, 0.3) is 0 Å². The second-order valence-electron chi connectivity index (χ2n) is 6.72. The molecule has 0 saturated heterocycles. The van der Waals surface area contributed by atoms with Crippen molar-refractivity contribution in [1.82, 2.24) is 20.1 Å². The molecule has 0 fully saturated rings. The Morgan fingerprint density at radius 2 is 1.84 bits per heavy atom. The third-order valence-corrected chi connectivity index (χ3v) is 6.00. The van der Waals surface area contributed by atoms with E-state index in [0.717, 1.165) is 11.3 Å². The number of rotatable bonds is 9. The zero-order valence-electron chi connectivity index (χ0n) is 17.4. The number of carbonyl (C=O) groups excluding carboxylic acids is 2. The Bertz CT molecular complexity index is 1110. The summed E-state index contributed by atoms with van der Waals surface area (Å²) in [6, 6.07) is 12.2. The number of aromatic nitrogens is 3. The number of carbonyl (C=O) groups is 2. The molecule has 2 N–H and O–H groups in total. The van der Waals surface area contributed by atoms with E-state index in [1.807, 2.05) is 24.3 Å². The van der Waals surface area contributed by atoms with E-state index in [2.05, 4.69) is 20.8 Å². The molecule has 0 spiro atoms. The van der Waals surface area contributed by atoms with Crippen molar-refractivity contribution in [2.75, 3.05) is 18.2 Å². The maximum atomic E-state index is 12.2. The van der Waals surface area contributed by atoms with E-state index < -0.39 is 0 Å². The van der Waals surface area contributed by atoms with Crippen molar-refractivity contribution in [2.45, 2.75) is 18.1 Å². The zero-order chi connectivity index (χ0) is 23.1. The summed E-state index contributed by atoms with van der Waals surface area (Å²) in [6.45, 7) is 0.228. The first-order chi connectivity index (χ1) is 15.4. The number of benzene rings is 2. The highest BCUT2D eigenvalue weighted by Crippen LogP contribution is 2.26. The van der Waals surface area contributed by atoms with Gasteiger partial charge in [-0.05, 0) is 35.9 Å². The van der Waals surface area contributed by atoms with Crippen LogP contribution in [0.3, 0.4) is 0 Å². The Hall–Kier alpha value is -2.75. The Balaban J connectivity index is 1.47. The molecule has 2 amide bonds. The van der Waals surface area contributed by atoms with Crippen LogP contribution in [0.15, 0.2) is 47.6 Å². The summed E-state index contributed by atoms with van der Waals surface area (Å²) in [4.78, 5) is 24.4. The standard InChI is InChI=1S/C21H21Cl2N5O3S/c1-28-18(11-24-19(29)9-13-3-6-15(31-2)7-4-13)26-27-21(28)32-12-20(30)25-17-8-5-14(22)10-16(17)23/h3-8,10H,9,11-12H2,1-2H3,(H,24,29)(H,25,30). The molecule has 11 heteroatoms. The minimum atomic E-state index is -0.239. The lowest BCUT2D eigenvalue weighted by atomic mass is 10.1. The fourth-order valence-corrected chi connectivity index (χ4v) is 3.89. The lowest BCUT2D eigenvalue weighted by Gasteiger charge is -2.08. The summed E-state index contributed by atoms with van der Waals surface area (Å²) in [5, 5.41) is 15.2. The summed E-state index contributed by atoms with van der Waals surface area (Å²) in [7, 11) is 3.37. The van der Waals surface area contributed by atoms with E-state index in [0.29, 0.717) is 26.7 Å². The number of anilines is 1. The molecular weight excluding hydrogens is 473 g/mol. The molecule has 1 heterocycles. The number of thioether (sulfide) groups is 1. The number of methoxy groups -OCH3 is 1. The third kappa shape index (κ3) is 6.62. The smallest absolute Gasteiger partial charge is 0.234 e. The van der Waals surface area contributed by atoms with Crippen molar-refractivity contribution in [2.24, 2.45) is 7.05 Å². The van der Waals surface area contributed by atoms with Gasteiger partial charge in [-0.3, -0.25) is 9.59 Å². The van der Waals surface area contributed by atoms with Gasteiger partial charge in [-0.15, -0.1) is 10.2 Å². The summed E-state index contributed by atoms with van der Waals surface area (Å²) in [5.74, 6) is 1.07. The molecule has 0 saturated carbocycles. The molecule has 0 bridgehead atoms. The topological polar surface area (TPSA) is 98.1 Å². The van der Waals surface area contributed by atoms with Gasteiger partial charge in [0.05, 0.1) is 36.5 Å². The van der Waals surface area contributed by atoms with Gasteiger partial charge in [0.15, 0.2) is 11.0 Å². The van der Waals surface area contributed by atoms with Gasteiger partial charge in [0.2, 0.25) is 11.8 Å². The zero-order valence-corrected chi connectivity index (χ0v) is 19.7. The first kappa shape index (κ1) is 23.9. The Morgan fingerprint density at radius 3 is 2.53 bits per heavy atom. The number of nitrogens with zero attached hydrogens (tertiary/aromatic N) is 3. The molecule has 0 aliphatic carbocycles. The number of hydrogen-bond acceptors (Lipinski definition) is 6. The van der Waals surface area contributed by atoms with Crippen molar-refractivity contribution < 1.29 is 14.3 Å². The van der Waals surface area contributed by atoms with E-state index in [1.54, 1.807) is 36.9 Å². The predicted molar refractivity (Wildman–Crippen MR) is 125 cm³/mol. The highest BCUT2D eigenvalue weighted by molar-refractivity contribution is 7.99. The van der Waals surface area contributed by atoms with Gasteiger partial charge >= 0.3 is 0 Å². The van der Waals surface area contributed by atoms with Crippen LogP contribution in [-0.2, 0) is 29.6 Å². The maximum Gasteiger partial charge on any atom is 0.234 e. The summed E-state index contributed by atoms with van der Waals surface area (Å²) >= 11 is 13.2. The van der Waals surface area contributed by atoms with E-state index in [4.69, 9.17) is 27.9 Å². The average Bonchev–Trinajstić information content (AvgIpc) is 3.12. The molecule has 3 aromatic rings. The van der Waals surface area contributed by atoms with Gasteiger partial charge < -0.3 is 19.9 Å². The lowest BCUT2D eigenvalue weighted by Crippen LogP contribution is -2.26. The van der Waals surface area contributed by atoms with Crippen molar-refractivity contribution in [3.63, 3.8) is 0 Å². The van der Waals surface area contributed by atoms with E-state index >= 15 is 0 Å². The van der Waals surface area contributed by atoms with Gasteiger partial charge in [0.25, 0.3) is 0 Å². The fourth-order valence-electron chi connectivity index (χ4n) is 2.70. The molecule has 0 radical (unpaired) electrons. The normalized spacial score (nSPS) is 10.6. The van der Waals surface area contributed by atoms with E-state index in [1.165, 1.54) is 11.8 Å². The Kier molecular flexibility index (Phi) is 8.38. The molecule has 8 nitrogen and oxygen atoms in total. The molecule has 3 rings (SSSR count). The number of halogens is 2. The first-order valence-corrected chi connectivity index (χ1v) is 11.3. The molecule has 0 unspecified atom stereocenters. The number of hydrogen-bond donors (Lipinski definition) is 2. The van der Waals surface area contributed by atoms with Crippen molar-refractivity contribution in [3.8, 4) is 5.75 Å². The highest BCUT2D eigenvalue weighted by Gasteiger charge is 2.13. The summed E-state index contributed by atoms with van der Waals surface area (Å²) in [6.07, 6.45) is 0.247. The minimum absolute atomic E-state index is 0.120. The van der Waals surface area contributed by atoms with Gasteiger partial charge in [0, 0.05) is 12.1 Å². The van der Waals surface area contributed by atoms with Crippen LogP contribution < -0.4 is 15.4 Å². The van der Waals surface area contributed by atoms with Gasteiger partial charge in [-0.25, -0.2) is 0 Å². The predicted octanol–water partition coefficient (Wildman–Crippen LogP) is 3.72. The monoisotopic (exact) mass is 493 g/mol. The minimum Gasteiger partial charge on any atom is -0.497 e. The molecule has 0 aliphatic rings. The largest absolute Gasteiger partial charge is 0.497 e. The van der Waals surface area contributed by atoms with Gasteiger partial charge in [-0.1, -0.05) is 47.1 Å². The van der Waals surface area contributed by atoms with Crippen LogP contribution >= 0.6 is 35.0 Å². The van der Waals surface area contributed by atoms with Crippen molar-refractivity contribution >= 4 is 52.5 Å². The van der Waals surface area contributed by atoms with Crippen LogP contribution in [0.4, 0.5) is 5.69 Å². The Labute approximate surface area is 199 Å². The second-order valence-corrected chi connectivity index (χ2v) is 8.51. The van der Waals surface area contributed by atoms with Gasteiger partial charge in [-0.2, -0.15) is 0 Å². The quantitative estimate of drug-likeness (QED) is 0.440. The lowest BCUT2D eigenvalue weighted by molar-refractivity contribution is -0.120. The van der Waals surface area contributed by atoms with Crippen LogP contribution in [0.2, 0.25) is 10.0 Å². The highest BCUT2D eigenvalue weighted by atomic mass is 35.5. The molecule has 0 atom stereocenters. The molecular formula is C21H21Cl2N5O3S. The summed E-state index contributed by atoms with van der Waals surface area (Å²) in [5.41, 5.74) is 1.37. The van der Waals surface area contributed by atoms with Crippen LogP contribution in [-0.4, -0.2) is 39.4 Å². The number of amides is 2. The summed E-state index contributed by atoms with van der Waals surface area (Å²) < 4.78 is 6.85. The van der Waals surface area contributed by atoms with E-state index in [9.17, 15) is 9.59 Å². The van der Waals surface area contributed by atoms with Crippen LogP contribution in [0, 0.1) is 0 Å². The molecule has 1 aromatic heterocycles. The second kappa shape index (κ2) is 11.2. The number of nitrogens with one attached hydrogen (secondary N) is 2. The maximum absolute atomic E-state index is 12.2. The molecule has 32 heavy (non-hydrogen) atoms. The third-order valence-electron chi connectivity index (χ3n) is 4.43. The van der Waals surface area contributed by atoms with E-state index in [-0.39, 0.29) is 30.5 Å². The molecule has 2 aromatic carbocycles. The fraction of sp³-hybridized carbons (Fsp3) is 0.238. The van der Waals surface area contributed by atoms with Crippen molar-refractivity contribution in [3.05, 3.63) is 63.9 Å². The van der Waals surface area contributed by atoms with Crippen LogP contribution in [0.5, 0.6) is 5.75 Å². The average molecular weight is 494 g/mol.